The Morgan fingerprint density at radius 2 is 2.18 bits per heavy atom. The lowest BCUT2D eigenvalue weighted by molar-refractivity contribution is 0.216. The predicted octanol–water partition coefficient (Wildman–Crippen LogP) is 3.44. The first kappa shape index (κ1) is 7.62. The van der Waals surface area contributed by atoms with Crippen LogP contribution in [0, 0.1) is 6.85 Å². The van der Waals surface area contributed by atoms with Gasteiger partial charge in [-0.3, -0.25) is 0 Å². The molecule has 5 heteroatoms. The summed E-state index contributed by atoms with van der Waals surface area (Å²) in [7, 11) is 1.64. The Labute approximate surface area is 146 Å². The van der Waals surface area contributed by atoms with Crippen LogP contribution in [0.4, 0.5) is 16.4 Å². The highest BCUT2D eigenvalue weighted by Crippen LogP contribution is 2.39. The summed E-state index contributed by atoms with van der Waals surface area (Å²) in [4.78, 5) is 6.93. The number of thiophene rings is 1. The highest BCUT2D eigenvalue weighted by Gasteiger charge is 2.25. The number of aliphatic imine (C=N–C) groups is 1. The van der Waals surface area contributed by atoms with E-state index in [4.69, 9.17) is 11.0 Å². The molecule has 0 amide bonds. The first-order chi connectivity index (χ1) is 13.8. The van der Waals surface area contributed by atoms with Crippen molar-refractivity contribution in [1.82, 2.24) is 9.80 Å². The zero-order chi connectivity index (χ0) is 22.1. The minimum Gasteiger partial charge on any atom is -0.353 e. The summed E-state index contributed by atoms with van der Waals surface area (Å²) >= 11 is 0.890. The Morgan fingerprint density at radius 1 is 1.36 bits per heavy atom. The standard InChI is InChI=1S/C17H20N4S/c1-12-11-13-16(21-9-7-20(2)8-10-21)18-14-5-3-4-6-15(14)19-17(13)22-12/h3-6,11,19H,7-10H2,1-2H3/i1D3,9D2,10D2,11D. The second kappa shape index (κ2) is 5.41. The molecule has 4 rings (SSSR count). The fourth-order valence-corrected chi connectivity index (χ4v) is 3.13. The van der Waals surface area contributed by atoms with Crippen molar-refractivity contribution in [1.29, 1.82) is 0 Å². The van der Waals surface area contributed by atoms with Crippen molar-refractivity contribution >= 4 is 33.5 Å². The van der Waals surface area contributed by atoms with E-state index < -0.39 is 19.8 Å². The van der Waals surface area contributed by atoms with Gasteiger partial charge in [-0.25, -0.2) is 4.99 Å². The van der Waals surface area contributed by atoms with Crippen molar-refractivity contribution in [3.05, 3.63) is 40.7 Å². The lowest BCUT2D eigenvalue weighted by Crippen LogP contribution is -2.47. The van der Waals surface area contributed by atoms with E-state index in [0.29, 0.717) is 16.4 Å². The van der Waals surface area contributed by atoms with E-state index in [2.05, 4.69) is 10.3 Å². The summed E-state index contributed by atoms with van der Waals surface area (Å²) in [5.74, 6) is -0.0812. The van der Waals surface area contributed by atoms with Gasteiger partial charge in [-0.2, -0.15) is 0 Å². The van der Waals surface area contributed by atoms with Crippen LogP contribution in [-0.2, 0) is 0 Å². The van der Waals surface area contributed by atoms with E-state index in [0.717, 1.165) is 16.2 Å². The monoisotopic (exact) mass is 320 g/mol. The second-order valence-electron chi connectivity index (χ2n) is 5.16. The third-order valence-corrected chi connectivity index (χ3v) is 4.30. The molecule has 0 radical (unpaired) electrons. The quantitative estimate of drug-likeness (QED) is 0.807. The molecular formula is C17H20N4S. The van der Waals surface area contributed by atoms with E-state index >= 15 is 0 Å². The van der Waals surface area contributed by atoms with Crippen LogP contribution >= 0.6 is 11.3 Å². The minimum atomic E-state index is -2.53. The maximum absolute atomic E-state index is 8.56. The minimum absolute atomic E-state index is 0.0699. The van der Waals surface area contributed by atoms with E-state index in [9.17, 15) is 0 Å². The number of likely N-dealkylation sites (N-methyl/N-ethyl adjacent to an activating group) is 1. The Bertz CT molecular complexity index is 1010. The average Bonchev–Trinajstić information content (AvgIpc) is 2.80. The largest absolute Gasteiger partial charge is 0.353 e. The molecule has 1 saturated heterocycles. The molecule has 1 aromatic heterocycles. The van der Waals surface area contributed by atoms with Crippen molar-refractivity contribution in [2.45, 2.75) is 6.85 Å². The van der Waals surface area contributed by atoms with Crippen LogP contribution in [0.15, 0.2) is 35.3 Å². The average molecular weight is 320 g/mol. The van der Waals surface area contributed by atoms with Crippen LogP contribution in [0.1, 0.15) is 21.4 Å². The second-order valence-corrected chi connectivity index (χ2v) is 6.18. The number of nitrogens with one attached hydrogen (secondary N) is 1. The van der Waals surface area contributed by atoms with Crippen LogP contribution in [-0.4, -0.2) is 48.8 Å². The number of anilines is 2. The lowest BCUT2D eigenvalue weighted by atomic mass is 10.2. The zero-order valence-electron chi connectivity index (χ0n) is 20.0. The topological polar surface area (TPSA) is 30.9 Å². The predicted molar refractivity (Wildman–Crippen MR) is 94.0 cm³/mol. The van der Waals surface area contributed by atoms with E-state index in [1.54, 1.807) is 36.2 Å². The summed E-state index contributed by atoms with van der Waals surface area (Å²) in [6, 6.07) is 6.69. The van der Waals surface area contributed by atoms with Crippen LogP contribution < -0.4 is 5.32 Å². The van der Waals surface area contributed by atoms with Gasteiger partial charge in [-0.15, -0.1) is 11.3 Å². The maximum atomic E-state index is 8.56. The highest BCUT2D eigenvalue weighted by atomic mass is 32.1. The third-order valence-electron chi connectivity index (χ3n) is 3.48. The molecule has 0 aliphatic carbocycles. The van der Waals surface area contributed by atoms with Crippen molar-refractivity contribution in [2.75, 3.05) is 38.4 Å². The third kappa shape index (κ3) is 2.40. The van der Waals surface area contributed by atoms with Crippen LogP contribution in [0.3, 0.4) is 0 Å². The van der Waals surface area contributed by atoms with Gasteiger partial charge in [0.05, 0.1) is 23.8 Å². The van der Waals surface area contributed by atoms with Crippen LogP contribution in [0.5, 0.6) is 0 Å². The Kier molecular flexibility index (Phi) is 1.87. The Morgan fingerprint density at radius 3 is 3.00 bits per heavy atom. The number of piperazine rings is 1. The van der Waals surface area contributed by atoms with Gasteiger partial charge in [0.1, 0.15) is 10.8 Å². The summed E-state index contributed by atoms with van der Waals surface area (Å²) in [5, 5.41) is 3.45. The number of nitrogens with zero attached hydrogens (tertiary/aromatic N) is 3. The molecule has 0 spiro atoms. The molecule has 0 saturated carbocycles. The molecule has 3 heterocycles. The normalized spacial score (nSPS) is 28.6. The van der Waals surface area contributed by atoms with Gasteiger partial charge in [0.15, 0.2) is 0 Å². The van der Waals surface area contributed by atoms with Crippen LogP contribution in [0.25, 0.3) is 0 Å². The molecular weight excluding hydrogens is 292 g/mol. The van der Waals surface area contributed by atoms with Gasteiger partial charge >= 0.3 is 0 Å². The molecule has 0 bridgehead atoms. The van der Waals surface area contributed by atoms with E-state index in [1.165, 1.54) is 0 Å². The van der Waals surface area contributed by atoms with E-state index in [-0.39, 0.29) is 35.4 Å². The number of amidine groups is 1. The number of rotatable bonds is 0. The molecule has 1 N–H and O–H groups in total. The van der Waals surface area contributed by atoms with Crippen molar-refractivity contribution < 1.29 is 11.0 Å². The fourth-order valence-electron chi connectivity index (χ4n) is 2.37. The highest BCUT2D eigenvalue weighted by molar-refractivity contribution is 7.16. The molecule has 1 aromatic carbocycles. The number of hydrogen-bond donors (Lipinski definition) is 1. The first-order valence-electron chi connectivity index (χ1n) is 10.9. The number of aryl methyl sites for hydroxylation is 1. The Hall–Kier alpha value is -1.85. The zero-order valence-corrected chi connectivity index (χ0v) is 12.8. The summed E-state index contributed by atoms with van der Waals surface area (Å²) in [5.41, 5.74) is 1.12. The molecule has 22 heavy (non-hydrogen) atoms. The SMILES string of the molecule is [2H]c1c(C([2H])([2H])[2H])sc2c1C(N1C([2H])([2H])CN(C)CC1([2H])[2H])=Nc1ccccc1N2. The molecule has 0 unspecified atom stereocenters. The number of hydrogen-bond acceptors (Lipinski definition) is 5. The van der Waals surface area contributed by atoms with Gasteiger partial charge in [0.2, 0.25) is 0 Å². The molecule has 1 fully saturated rings. The molecule has 4 nitrogen and oxygen atoms in total. The van der Waals surface area contributed by atoms with Gasteiger partial charge in [0.25, 0.3) is 0 Å². The smallest absolute Gasteiger partial charge is 0.139 e. The number of para-hydroxylation sites is 2. The van der Waals surface area contributed by atoms with Gasteiger partial charge in [0, 0.05) is 35.1 Å². The molecule has 0 atom stereocenters. The van der Waals surface area contributed by atoms with Gasteiger partial charge in [-0.05, 0) is 32.1 Å². The number of benzene rings is 1. The molecule has 114 valence electrons. The fraction of sp³-hybridized carbons (Fsp3) is 0.353. The molecule has 2 aliphatic rings. The van der Waals surface area contributed by atoms with E-state index in [1.807, 2.05) is 0 Å². The van der Waals surface area contributed by atoms with Gasteiger partial charge in [-0.1, -0.05) is 12.1 Å². The van der Waals surface area contributed by atoms with Crippen molar-refractivity contribution in [3.63, 3.8) is 0 Å². The maximum Gasteiger partial charge on any atom is 0.139 e. The summed E-state index contributed by atoms with van der Waals surface area (Å²) in [6.45, 7) is -6.94. The van der Waals surface area contributed by atoms with Crippen molar-refractivity contribution in [2.24, 2.45) is 4.99 Å². The van der Waals surface area contributed by atoms with Crippen LogP contribution in [0.2, 0.25) is 0 Å². The van der Waals surface area contributed by atoms with Crippen molar-refractivity contribution in [3.8, 4) is 0 Å². The first-order valence-corrected chi connectivity index (χ1v) is 7.71. The Balaban J connectivity index is 2.01. The summed E-state index contributed by atoms with van der Waals surface area (Å²) < 4.78 is 66.1. The molecule has 2 aromatic rings. The molecule has 2 aliphatic heterocycles. The number of fused-ring (bicyclic) bond motifs is 2. The summed E-state index contributed by atoms with van der Waals surface area (Å²) in [6.07, 6.45) is 0. The lowest BCUT2D eigenvalue weighted by Gasteiger charge is -2.34. The van der Waals surface area contributed by atoms with Gasteiger partial charge < -0.3 is 15.1 Å².